The Bertz CT molecular complexity index is 1610. The summed E-state index contributed by atoms with van der Waals surface area (Å²) in [5.41, 5.74) is 2.22. The smallest absolute Gasteiger partial charge is 0.272 e. The summed E-state index contributed by atoms with van der Waals surface area (Å²) in [7, 11) is 3.06. The Morgan fingerprint density at radius 1 is 0.814 bits per heavy atom. The minimum absolute atomic E-state index is 0.0137. The van der Waals surface area contributed by atoms with E-state index in [0.29, 0.717) is 28.3 Å². The molecule has 3 amide bonds. The predicted molar refractivity (Wildman–Crippen MR) is 180 cm³/mol. The van der Waals surface area contributed by atoms with Crippen molar-refractivity contribution in [3.05, 3.63) is 117 Å². The molecule has 1 atom stereocenters. The van der Waals surface area contributed by atoms with Crippen LogP contribution in [0.2, 0.25) is 0 Å². The first-order valence-electron chi connectivity index (χ1n) is 13.2. The molecule has 43 heavy (non-hydrogen) atoms. The Morgan fingerprint density at radius 2 is 1.47 bits per heavy atom. The first kappa shape index (κ1) is 31.6. The van der Waals surface area contributed by atoms with Gasteiger partial charge in [0.25, 0.3) is 11.8 Å². The van der Waals surface area contributed by atoms with Crippen molar-refractivity contribution in [1.82, 2.24) is 5.32 Å². The molecule has 0 saturated carbocycles. The van der Waals surface area contributed by atoms with E-state index in [1.165, 1.54) is 24.9 Å². The lowest BCUT2D eigenvalue weighted by molar-refractivity contribution is -0.115. The van der Waals surface area contributed by atoms with Crippen molar-refractivity contribution >= 4 is 69.5 Å². The molecule has 10 heteroatoms. The lowest BCUT2D eigenvalue weighted by Gasteiger charge is -2.14. The second-order valence-electron chi connectivity index (χ2n) is 9.22. The number of carbonyl (C=O) groups excluding carboxylic acids is 3. The summed E-state index contributed by atoms with van der Waals surface area (Å²) < 4.78 is 11.9. The minimum Gasteiger partial charge on any atom is -0.497 e. The standard InChI is InChI=1S/C33H30IN3O5S/c1-21(31(38)35-25-11-9-24(34)10-12-25)43-28-16-13-26(14-17-28)36-33(40)29(37-32(39)22-7-5-4-6-8-22)20-23-19-27(41-2)15-18-30(23)42-3/h4-21H,1-3H3,(H,35,38)(H,36,40)(H,37,39)/b29-20-. The van der Waals surface area contributed by atoms with Gasteiger partial charge in [0.05, 0.1) is 19.5 Å². The fourth-order valence-corrected chi connectivity index (χ4v) is 5.13. The van der Waals surface area contributed by atoms with Gasteiger partial charge in [0.1, 0.15) is 17.2 Å². The molecule has 0 aromatic heterocycles. The van der Waals surface area contributed by atoms with Crippen molar-refractivity contribution in [3.63, 3.8) is 0 Å². The predicted octanol–water partition coefficient (Wildman–Crippen LogP) is 6.84. The Labute approximate surface area is 268 Å². The van der Waals surface area contributed by atoms with E-state index in [1.54, 1.807) is 67.8 Å². The Balaban J connectivity index is 1.49. The number of halogens is 1. The number of carbonyl (C=O) groups is 3. The van der Waals surface area contributed by atoms with Gasteiger partial charge in [-0.1, -0.05) is 18.2 Å². The third-order valence-corrected chi connectivity index (χ3v) is 8.00. The van der Waals surface area contributed by atoms with E-state index in [0.717, 1.165) is 14.2 Å². The highest BCUT2D eigenvalue weighted by molar-refractivity contribution is 14.1. The lowest BCUT2D eigenvalue weighted by atomic mass is 10.1. The Kier molecular flexibility index (Phi) is 11.2. The first-order valence-corrected chi connectivity index (χ1v) is 15.2. The molecule has 8 nitrogen and oxygen atoms in total. The van der Waals surface area contributed by atoms with Crippen LogP contribution in [-0.4, -0.2) is 37.2 Å². The van der Waals surface area contributed by atoms with E-state index in [9.17, 15) is 14.4 Å². The van der Waals surface area contributed by atoms with Crippen LogP contribution in [0.5, 0.6) is 11.5 Å². The summed E-state index contributed by atoms with van der Waals surface area (Å²) in [4.78, 5) is 40.0. The molecule has 0 bridgehead atoms. The number of hydrogen-bond donors (Lipinski definition) is 3. The van der Waals surface area contributed by atoms with Crippen LogP contribution in [0.25, 0.3) is 6.08 Å². The lowest BCUT2D eigenvalue weighted by Crippen LogP contribution is -2.30. The maximum atomic E-state index is 13.5. The summed E-state index contributed by atoms with van der Waals surface area (Å²) in [5, 5.41) is 8.15. The summed E-state index contributed by atoms with van der Waals surface area (Å²) in [6, 6.07) is 28.5. The number of hydrogen-bond acceptors (Lipinski definition) is 6. The van der Waals surface area contributed by atoms with Gasteiger partial charge in [0.15, 0.2) is 0 Å². The molecule has 0 saturated heterocycles. The number of ether oxygens (including phenoxy) is 2. The maximum absolute atomic E-state index is 13.5. The second kappa shape index (κ2) is 15.3. The molecule has 0 spiro atoms. The van der Waals surface area contributed by atoms with E-state index in [4.69, 9.17) is 9.47 Å². The highest BCUT2D eigenvalue weighted by Crippen LogP contribution is 2.28. The first-order chi connectivity index (χ1) is 20.7. The van der Waals surface area contributed by atoms with E-state index >= 15 is 0 Å². The average Bonchev–Trinajstić information content (AvgIpc) is 3.03. The third kappa shape index (κ3) is 9.10. The van der Waals surface area contributed by atoms with Gasteiger partial charge in [-0.05, 0) is 114 Å². The van der Waals surface area contributed by atoms with Crippen molar-refractivity contribution in [3.8, 4) is 11.5 Å². The van der Waals surface area contributed by atoms with E-state index in [1.807, 2.05) is 43.3 Å². The molecule has 4 aromatic carbocycles. The van der Waals surface area contributed by atoms with Gasteiger partial charge in [-0.15, -0.1) is 11.8 Å². The molecule has 0 aliphatic heterocycles. The number of thioether (sulfide) groups is 1. The minimum atomic E-state index is -0.528. The van der Waals surface area contributed by atoms with Gasteiger partial charge < -0.3 is 25.4 Å². The maximum Gasteiger partial charge on any atom is 0.272 e. The Hall–Kier alpha value is -4.29. The number of rotatable bonds is 11. The van der Waals surface area contributed by atoms with Crippen LogP contribution < -0.4 is 25.4 Å². The number of nitrogens with one attached hydrogen (secondary N) is 3. The molecule has 0 heterocycles. The molecule has 1 unspecified atom stereocenters. The van der Waals surface area contributed by atoms with Crippen molar-refractivity contribution in [1.29, 1.82) is 0 Å². The van der Waals surface area contributed by atoms with Crippen LogP contribution in [0.15, 0.2) is 108 Å². The van der Waals surface area contributed by atoms with Crippen molar-refractivity contribution in [2.45, 2.75) is 17.1 Å². The molecule has 3 N–H and O–H groups in total. The van der Waals surface area contributed by atoms with Crippen molar-refractivity contribution in [2.24, 2.45) is 0 Å². The van der Waals surface area contributed by atoms with Crippen LogP contribution >= 0.6 is 34.4 Å². The topological polar surface area (TPSA) is 106 Å². The summed E-state index contributed by atoms with van der Waals surface area (Å²) in [6.07, 6.45) is 1.54. The molecular formula is C33H30IN3O5S. The Morgan fingerprint density at radius 3 is 2.12 bits per heavy atom. The summed E-state index contributed by atoms with van der Waals surface area (Å²) in [6.45, 7) is 1.84. The number of anilines is 2. The SMILES string of the molecule is COc1ccc(OC)c(/C=C(\NC(=O)c2ccccc2)C(=O)Nc2ccc(SC(C)C(=O)Nc3ccc(I)cc3)cc2)c1. The fraction of sp³-hybridized carbons (Fsp3) is 0.121. The van der Waals surface area contributed by atoms with Gasteiger partial charge >= 0.3 is 0 Å². The molecule has 0 fully saturated rings. The molecule has 220 valence electrons. The number of amides is 3. The molecule has 0 radical (unpaired) electrons. The molecule has 0 aliphatic carbocycles. The summed E-state index contributed by atoms with van der Waals surface area (Å²) in [5.74, 6) is -0.00854. The van der Waals surface area contributed by atoms with E-state index in [2.05, 4.69) is 38.5 Å². The largest absolute Gasteiger partial charge is 0.497 e. The molecular weight excluding hydrogens is 677 g/mol. The number of methoxy groups -OCH3 is 2. The fourth-order valence-electron chi connectivity index (χ4n) is 3.90. The quantitative estimate of drug-likeness (QED) is 0.0897. The highest BCUT2D eigenvalue weighted by atomic mass is 127. The summed E-state index contributed by atoms with van der Waals surface area (Å²) >= 11 is 3.62. The highest BCUT2D eigenvalue weighted by Gasteiger charge is 2.18. The normalized spacial score (nSPS) is 11.7. The van der Waals surface area contributed by atoms with Crippen LogP contribution in [-0.2, 0) is 9.59 Å². The van der Waals surface area contributed by atoms with Gasteiger partial charge in [-0.2, -0.15) is 0 Å². The zero-order chi connectivity index (χ0) is 30.8. The average molecular weight is 708 g/mol. The second-order valence-corrected chi connectivity index (χ2v) is 11.9. The molecule has 0 aliphatic rings. The van der Waals surface area contributed by atoms with Gasteiger partial charge in [0, 0.05) is 31.0 Å². The van der Waals surface area contributed by atoms with Crippen molar-refractivity contribution < 1.29 is 23.9 Å². The van der Waals surface area contributed by atoms with Gasteiger partial charge in [0.2, 0.25) is 5.91 Å². The molecule has 4 rings (SSSR count). The van der Waals surface area contributed by atoms with Crippen LogP contribution in [0.3, 0.4) is 0 Å². The monoisotopic (exact) mass is 707 g/mol. The van der Waals surface area contributed by atoms with Crippen LogP contribution in [0.1, 0.15) is 22.8 Å². The third-order valence-electron chi connectivity index (χ3n) is 6.17. The van der Waals surface area contributed by atoms with Gasteiger partial charge in [-0.25, -0.2) is 0 Å². The van der Waals surface area contributed by atoms with E-state index in [-0.39, 0.29) is 16.9 Å². The zero-order valence-corrected chi connectivity index (χ0v) is 26.7. The number of benzene rings is 4. The molecule has 4 aromatic rings. The van der Waals surface area contributed by atoms with E-state index < -0.39 is 11.8 Å². The van der Waals surface area contributed by atoms with Crippen molar-refractivity contribution in [2.75, 3.05) is 24.9 Å². The van der Waals surface area contributed by atoms with Gasteiger partial charge in [-0.3, -0.25) is 14.4 Å². The van der Waals surface area contributed by atoms with Crippen LogP contribution in [0.4, 0.5) is 11.4 Å². The zero-order valence-electron chi connectivity index (χ0n) is 23.7. The van der Waals surface area contributed by atoms with Crippen LogP contribution in [0, 0.1) is 3.57 Å².